The number of hydrogen-bond acceptors (Lipinski definition) is 2. The Bertz CT molecular complexity index is 454. The first-order valence-electron chi connectivity index (χ1n) is 5.32. The maximum Gasteiger partial charge on any atom is 0.202 e. The Balaban J connectivity index is 2.98. The van der Waals surface area contributed by atoms with E-state index in [2.05, 4.69) is 16.4 Å². The van der Waals surface area contributed by atoms with Crippen LogP contribution in [0.1, 0.15) is 11.1 Å². The van der Waals surface area contributed by atoms with Gasteiger partial charge in [0.15, 0.2) is 5.11 Å². The van der Waals surface area contributed by atoms with Crippen LogP contribution in [0.25, 0.3) is 0 Å². The van der Waals surface area contributed by atoms with Gasteiger partial charge in [-0.3, -0.25) is 4.90 Å². The third-order valence-corrected chi connectivity index (χ3v) is 2.93. The van der Waals surface area contributed by atoms with E-state index in [4.69, 9.17) is 18.0 Å². The smallest absolute Gasteiger partial charge is 0.202 e. The summed E-state index contributed by atoms with van der Waals surface area (Å²) in [5, 5.41) is 3.39. The number of benzene rings is 1. The highest BCUT2D eigenvalue weighted by atomic mass is 32.1. The molecule has 3 N–H and O–H groups in total. The number of thiocarbonyl (C=S) groups is 1. The lowest BCUT2D eigenvalue weighted by Gasteiger charge is -2.18. The number of nitrogens with two attached hydrogens (primary N) is 1. The minimum absolute atomic E-state index is 0.372. The lowest BCUT2D eigenvalue weighted by molar-refractivity contribution is 0.724. The summed E-state index contributed by atoms with van der Waals surface area (Å²) in [5.74, 6) is 0.372. The van der Waals surface area contributed by atoms with Crippen LogP contribution < -0.4 is 11.1 Å². The molecule has 1 rings (SSSR count). The van der Waals surface area contributed by atoms with Crippen LogP contribution in [0.3, 0.4) is 0 Å². The molecule has 1 aromatic carbocycles. The Kier molecular flexibility index (Phi) is 4.45. The molecule has 0 unspecified atom stereocenters. The third-order valence-electron chi connectivity index (χ3n) is 2.45. The average molecular weight is 250 g/mol. The normalized spacial score (nSPS) is 11.2. The van der Waals surface area contributed by atoms with Crippen LogP contribution in [-0.2, 0) is 0 Å². The zero-order chi connectivity index (χ0) is 13.0. The second-order valence-electron chi connectivity index (χ2n) is 3.87. The summed E-state index contributed by atoms with van der Waals surface area (Å²) < 4.78 is 0. The average Bonchev–Trinajstić information content (AvgIpc) is 2.30. The van der Waals surface area contributed by atoms with Crippen molar-refractivity contribution in [1.82, 2.24) is 10.2 Å². The largest absolute Gasteiger partial charge is 0.369 e. The number of nitrogens with one attached hydrogen (secondary N) is 1. The molecule has 92 valence electrons. The van der Waals surface area contributed by atoms with Gasteiger partial charge in [-0.2, -0.15) is 0 Å². The van der Waals surface area contributed by atoms with E-state index in [9.17, 15) is 0 Å². The topological polar surface area (TPSA) is 53.6 Å². The van der Waals surface area contributed by atoms with Gasteiger partial charge < -0.3 is 11.1 Å². The molecule has 0 saturated heterocycles. The molecule has 0 aliphatic carbocycles. The fraction of sp³-hybridized carbons (Fsp3) is 0.333. The summed E-state index contributed by atoms with van der Waals surface area (Å²) >= 11 is 5.08. The molecule has 0 atom stereocenters. The molecule has 0 saturated carbocycles. The monoisotopic (exact) mass is 250 g/mol. The van der Waals surface area contributed by atoms with Gasteiger partial charge in [-0.25, -0.2) is 4.99 Å². The summed E-state index contributed by atoms with van der Waals surface area (Å²) in [6.07, 6.45) is 0. The predicted molar refractivity (Wildman–Crippen MR) is 76.6 cm³/mol. The van der Waals surface area contributed by atoms with Crippen molar-refractivity contribution in [1.29, 1.82) is 0 Å². The van der Waals surface area contributed by atoms with Gasteiger partial charge in [-0.05, 0) is 37.7 Å². The Morgan fingerprint density at radius 1 is 1.41 bits per heavy atom. The van der Waals surface area contributed by atoms with Crippen molar-refractivity contribution in [2.45, 2.75) is 13.8 Å². The summed E-state index contributed by atoms with van der Waals surface area (Å²) in [5.41, 5.74) is 9.04. The lowest BCUT2D eigenvalue weighted by atomic mass is 10.1. The Morgan fingerprint density at radius 3 is 2.59 bits per heavy atom. The van der Waals surface area contributed by atoms with Crippen molar-refractivity contribution in [3.05, 3.63) is 29.3 Å². The van der Waals surface area contributed by atoms with Crippen molar-refractivity contribution in [3.8, 4) is 0 Å². The first kappa shape index (κ1) is 13.4. The SMILES string of the molecule is CNC(=S)N(C)C(N)=Nc1ccc(C)cc1C. The fourth-order valence-corrected chi connectivity index (χ4v) is 1.49. The summed E-state index contributed by atoms with van der Waals surface area (Å²) in [6, 6.07) is 6.03. The van der Waals surface area contributed by atoms with Gasteiger partial charge in [0.25, 0.3) is 0 Å². The van der Waals surface area contributed by atoms with Crippen LogP contribution in [0.2, 0.25) is 0 Å². The van der Waals surface area contributed by atoms with Crippen LogP contribution in [0.4, 0.5) is 5.69 Å². The predicted octanol–water partition coefficient (Wildman–Crippen LogP) is 1.69. The molecule has 0 radical (unpaired) electrons. The van der Waals surface area contributed by atoms with E-state index in [1.165, 1.54) is 5.56 Å². The van der Waals surface area contributed by atoms with Gasteiger partial charge in [0, 0.05) is 14.1 Å². The summed E-state index contributed by atoms with van der Waals surface area (Å²) in [6.45, 7) is 4.06. The molecule has 0 heterocycles. The van der Waals surface area contributed by atoms with Crippen molar-refractivity contribution in [2.75, 3.05) is 14.1 Å². The van der Waals surface area contributed by atoms with E-state index in [0.29, 0.717) is 11.1 Å². The zero-order valence-corrected chi connectivity index (χ0v) is 11.4. The van der Waals surface area contributed by atoms with E-state index in [1.54, 1.807) is 19.0 Å². The van der Waals surface area contributed by atoms with Crippen LogP contribution in [-0.4, -0.2) is 30.1 Å². The quantitative estimate of drug-likeness (QED) is 0.452. The molecule has 17 heavy (non-hydrogen) atoms. The Morgan fingerprint density at radius 2 is 2.06 bits per heavy atom. The van der Waals surface area contributed by atoms with Gasteiger partial charge in [0.05, 0.1) is 5.69 Å². The number of aliphatic imine (C=N–C) groups is 1. The molecule has 5 heteroatoms. The van der Waals surface area contributed by atoms with Crippen molar-refractivity contribution in [3.63, 3.8) is 0 Å². The Hall–Kier alpha value is -1.62. The van der Waals surface area contributed by atoms with Crippen molar-refractivity contribution < 1.29 is 0 Å². The number of guanidine groups is 1. The van der Waals surface area contributed by atoms with E-state index in [1.807, 2.05) is 26.0 Å². The molecule has 0 aromatic heterocycles. The molecule has 1 aromatic rings. The molecule has 0 bridgehead atoms. The van der Waals surface area contributed by atoms with Gasteiger partial charge >= 0.3 is 0 Å². The first-order chi connectivity index (χ1) is 7.95. The fourth-order valence-electron chi connectivity index (χ4n) is 1.40. The zero-order valence-electron chi connectivity index (χ0n) is 10.6. The summed E-state index contributed by atoms with van der Waals surface area (Å²) in [7, 11) is 3.53. The Labute approximate surface area is 108 Å². The molecule has 0 aliphatic rings. The number of hydrogen-bond donors (Lipinski definition) is 2. The third kappa shape index (κ3) is 3.42. The van der Waals surface area contributed by atoms with Gasteiger partial charge in [-0.1, -0.05) is 17.7 Å². The van der Waals surface area contributed by atoms with Crippen LogP contribution in [0.15, 0.2) is 23.2 Å². The van der Waals surface area contributed by atoms with Gasteiger partial charge in [0.1, 0.15) is 0 Å². The molecular weight excluding hydrogens is 232 g/mol. The maximum absolute atomic E-state index is 5.88. The number of aryl methyl sites for hydroxylation is 2. The molecule has 0 spiro atoms. The van der Waals surface area contributed by atoms with Crippen LogP contribution in [0.5, 0.6) is 0 Å². The summed E-state index contributed by atoms with van der Waals surface area (Å²) in [4.78, 5) is 6.00. The number of nitrogens with zero attached hydrogens (tertiary/aromatic N) is 2. The minimum atomic E-state index is 0.372. The molecule has 0 amide bonds. The highest BCUT2D eigenvalue weighted by molar-refractivity contribution is 7.80. The molecule has 4 nitrogen and oxygen atoms in total. The van der Waals surface area contributed by atoms with Crippen LogP contribution in [0, 0.1) is 13.8 Å². The number of rotatable bonds is 1. The minimum Gasteiger partial charge on any atom is -0.369 e. The molecular formula is C12H18N4S. The van der Waals surface area contributed by atoms with Gasteiger partial charge in [0.2, 0.25) is 5.96 Å². The van der Waals surface area contributed by atoms with E-state index in [0.717, 1.165) is 11.3 Å². The van der Waals surface area contributed by atoms with Gasteiger partial charge in [-0.15, -0.1) is 0 Å². The second-order valence-corrected chi connectivity index (χ2v) is 4.26. The lowest BCUT2D eigenvalue weighted by Crippen LogP contribution is -2.43. The van der Waals surface area contributed by atoms with Crippen molar-refractivity contribution >= 4 is 29.0 Å². The first-order valence-corrected chi connectivity index (χ1v) is 5.73. The van der Waals surface area contributed by atoms with Crippen molar-refractivity contribution in [2.24, 2.45) is 10.7 Å². The molecule has 0 aliphatic heterocycles. The van der Waals surface area contributed by atoms with E-state index >= 15 is 0 Å². The van der Waals surface area contributed by atoms with E-state index in [-0.39, 0.29) is 0 Å². The highest BCUT2D eigenvalue weighted by Gasteiger charge is 2.07. The van der Waals surface area contributed by atoms with Crippen LogP contribution >= 0.6 is 12.2 Å². The second kappa shape index (κ2) is 5.63. The standard InChI is InChI=1S/C12H18N4S/c1-8-5-6-10(9(2)7-8)15-11(13)16(4)12(17)14-3/h5-7H,1-4H3,(H2,13,15)(H,14,17). The van der Waals surface area contributed by atoms with E-state index < -0.39 is 0 Å². The highest BCUT2D eigenvalue weighted by Crippen LogP contribution is 2.19. The molecule has 0 fully saturated rings. The maximum atomic E-state index is 5.88.